The number of hydrogen-bond acceptors (Lipinski definition) is 3. The highest BCUT2D eigenvalue weighted by molar-refractivity contribution is 6.32. The van der Waals surface area contributed by atoms with Crippen LogP contribution in [0.15, 0.2) is 16.7 Å². The molecule has 94 valence electrons. The Labute approximate surface area is 105 Å². The Kier molecular flexibility index (Phi) is 5.03. The van der Waals surface area contributed by atoms with E-state index in [0.29, 0.717) is 0 Å². The van der Waals surface area contributed by atoms with Gasteiger partial charge in [-0.15, -0.1) is 0 Å². The zero-order valence-corrected chi connectivity index (χ0v) is 10.5. The van der Waals surface area contributed by atoms with Gasteiger partial charge < -0.3 is 15.1 Å². The van der Waals surface area contributed by atoms with Crippen molar-refractivity contribution in [1.29, 1.82) is 0 Å². The van der Waals surface area contributed by atoms with Gasteiger partial charge in [-0.25, -0.2) is 0 Å². The Morgan fingerprint density at radius 3 is 2.71 bits per heavy atom. The third-order valence-electron chi connectivity index (χ3n) is 1.95. The maximum absolute atomic E-state index is 11.5. The van der Waals surface area contributed by atoms with Crippen LogP contribution >= 0.6 is 11.6 Å². The lowest BCUT2D eigenvalue weighted by Crippen LogP contribution is -2.34. The summed E-state index contributed by atoms with van der Waals surface area (Å²) >= 11 is 5.64. The molecule has 1 aromatic heterocycles. The van der Waals surface area contributed by atoms with Crippen molar-refractivity contribution in [2.24, 2.45) is 0 Å². The molecule has 0 bridgehead atoms. The standard InChI is InChI=1S/C11H15ClN2O3/c1-7(2)14-9(15)3-5-13-11(16)8-4-6-17-10(8)12/h4,6-7H,3,5H2,1-2H3,(H,13,16)(H,14,15). The normalized spacial score (nSPS) is 10.4. The molecule has 0 fully saturated rings. The van der Waals surface area contributed by atoms with Crippen molar-refractivity contribution in [3.8, 4) is 0 Å². The van der Waals surface area contributed by atoms with Crippen molar-refractivity contribution in [2.45, 2.75) is 26.3 Å². The summed E-state index contributed by atoms with van der Waals surface area (Å²) in [6.07, 6.45) is 1.57. The van der Waals surface area contributed by atoms with Gasteiger partial charge in [0.15, 0.2) is 0 Å². The predicted octanol–water partition coefficient (Wildman–Crippen LogP) is 1.58. The van der Waals surface area contributed by atoms with Crippen LogP contribution in [0.5, 0.6) is 0 Å². The fraction of sp³-hybridized carbons (Fsp3) is 0.455. The van der Waals surface area contributed by atoms with Crippen LogP contribution in [0.1, 0.15) is 30.6 Å². The lowest BCUT2D eigenvalue weighted by Gasteiger charge is -2.08. The zero-order chi connectivity index (χ0) is 12.8. The molecule has 0 atom stereocenters. The highest BCUT2D eigenvalue weighted by atomic mass is 35.5. The molecule has 1 heterocycles. The number of amides is 2. The highest BCUT2D eigenvalue weighted by Gasteiger charge is 2.12. The van der Waals surface area contributed by atoms with Crippen LogP contribution in [0.3, 0.4) is 0 Å². The second-order valence-electron chi connectivity index (χ2n) is 3.84. The van der Waals surface area contributed by atoms with Gasteiger partial charge in [-0.2, -0.15) is 0 Å². The molecule has 5 nitrogen and oxygen atoms in total. The summed E-state index contributed by atoms with van der Waals surface area (Å²) in [5.74, 6) is -0.445. The van der Waals surface area contributed by atoms with Gasteiger partial charge in [0.25, 0.3) is 5.91 Å². The zero-order valence-electron chi connectivity index (χ0n) is 9.75. The molecule has 2 amide bonds. The minimum atomic E-state index is -0.346. The van der Waals surface area contributed by atoms with Gasteiger partial charge in [0.1, 0.15) is 0 Å². The van der Waals surface area contributed by atoms with Gasteiger partial charge in [-0.1, -0.05) is 0 Å². The van der Waals surface area contributed by atoms with Gasteiger partial charge >= 0.3 is 0 Å². The van der Waals surface area contributed by atoms with Crippen LogP contribution in [-0.4, -0.2) is 24.4 Å². The lowest BCUT2D eigenvalue weighted by atomic mass is 10.3. The van der Waals surface area contributed by atoms with Crippen molar-refractivity contribution < 1.29 is 14.0 Å². The summed E-state index contributed by atoms with van der Waals surface area (Å²) in [6.45, 7) is 4.02. The maximum Gasteiger partial charge on any atom is 0.256 e. The van der Waals surface area contributed by atoms with Crippen molar-refractivity contribution >= 4 is 23.4 Å². The Morgan fingerprint density at radius 1 is 1.47 bits per heavy atom. The Bertz CT molecular complexity index is 401. The van der Waals surface area contributed by atoms with Crippen LogP contribution in [0, 0.1) is 0 Å². The van der Waals surface area contributed by atoms with Crippen molar-refractivity contribution in [2.75, 3.05) is 6.54 Å². The first kappa shape index (κ1) is 13.6. The van der Waals surface area contributed by atoms with E-state index >= 15 is 0 Å². The summed E-state index contributed by atoms with van der Waals surface area (Å²) < 4.78 is 4.79. The molecule has 17 heavy (non-hydrogen) atoms. The number of nitrogens with one attached hydrogen (secondary N) is 2. The maximum atomic E-state index is 11.5. The molecule has 1 rings (SSSR count). The Hall–Kier alpha value is -1.49. The quantitative estimate of drug-likeness (QED) is 0.842. The first-order valence-electron chi connectivity index (χ1n) is 5.31. The summed E-state index contributed by atoms with van der Waals surface area (Å²) in [7, 11) is 0. The molecular weight excluding hydrogens is 244 g/mol. The molecule has 0 aliphatic rings. The minimum Gasteiger partial charge on any atom is -0.452 e. The number of rotatable bonds is 5. The summed E-state index contributed by atoms with van der Waals surface area (Å²) in [5.41, 5.74) is 0.274. The molecule has 6 heteroatoms. The molecule has 0 radical (unpaired) electrons. The molecule has 0 aliphatic carbocycles. The summed E-state index contributed by atoms with van der Waals surface area (Å²) in [6, 6.07) is 1.58. The SMILES string of the molecule is CC(C)NC(=O)CCNC(=O)c1ccoc1Cl. The Balaban J connectivity index is 2.30. The smallest absolute Gasteiger partial charge is 0.256 e. The third kappa shape index (κ3) is 4.48. The first-order valence-corrected chi connectivity index (χ1v) is 5.69. The van der Waals surface area contributed by atoms with E-state index in [1.165, 1.54) is 12.3 Å². The number of halogens is 1. The molecule has 2 N–H and O–H groups in total. The predicted molar refractivity (Wildman–Crippen MR) is 63.9 cm³/mol. The summed E-state index contributed by atoms with van der Waals surface area (Å²) in [4.78, 5) is 22.8. The van der Waals surface area contributed by atoms with Crippen molar-refractivity contribution in [3.05, 3.63) is 23.1 Å². The molecule has 1 aromatic rings. The van der Waals surface area contributed by atoms with Crippen LogP contribution in [0.25, 0.3) is 0 Å². The second-order valence-corrected chi connectivity index (χ2v) is 4.18. The second kappa shape index (κ2) is 6.30. The summed E-state index contributed by atoms with van der Waals surface area (Å²) in [5, 5.41) is 5.36. The van der Waals surface area contributed by atoms with E-state index in [1.54, 1.807) is 0 Å². The van der Waals surface area contributed by atoms with Gasteiger partial charge in [0, 0.05) is 19.0 Å². The van der Waals surface area contributed by atoms with Crippen LogP contribution < -0.4 is 10.6 Å². The van der Waals surface area contributed by atoms with E-state index in [9.17, 15) is 9.59 Å². The van der Waals surface area contributed by atoms with Crippen LogP contribution in [0.4, 0.5) is 0 Å². The first-order chi connectivity index (χ1) is 8.00. The molecule has 0 saturated carbocycles. The number of carbonyl (C=O) groups excluding carboxylic acids is 2. The topological polar surface area (TPSA) is 71.3 Å². The highest BCUT2D eigenvalue weighted by Crippen LogP contribution is 2.15. The van der Waals surface area contributed by atoms with E-state index < -0.39 is 0 Å². The lowest BCUT2D eigenvalue weighted by molar-refractivity contribution is -0.121. The fourth-order valence-corrected chi connectivity index (χ4v) is 1.43. The fourth-order valence-electron chi connectivity index (χ4n) is 1.23. The van der Waals surface area contributed by atoms with Crippen LogP contribution in [0.2, 0.25) is 5.22 Å². The monoisotopic (exact) mass is 258 g/mol. The Morgan fingerprint density at radius 2 is 2.18 bits per heavy atom. The van der Waals surface area contributed by atoms with Gasteiger partial charge in [-0.05, 0) is 31.5 Å². The van der Waals surface area contributed by atoms with E-state index in [1.807, 2.05) is 13.8 Å². The third-order valence-corrected chi connectivity index (χ3v) is 2.24. The molecule has 0 spiro atoms. The van der Waals surface area contributed by atoms with E-state index in [-0.39, 0.29) is 41.6 Å². The van der Waals surface area contributed by atoms with Gasteiger partial charge in [0.05, 0.1) is 11.8 Å². The van der Waals surface area contributed by atoms with Crippen molar-refractivity contribution in [3.63, 3.8) is 0 Å². The van der Waals surface area contributed by atoms with E-state index in [4.69, 9.17) is 16.0 Å². The van der Waals surface area contributed by atoms with E-state index in [0.717, 1.165) is 0 Å². The molecular formula is C11H15ClN2O3. The van der Waals surface area contributed by atoms with Gasteiger partial charge in [-0.3, -0.25) is 9.59 Å². The number of hydrogen-bond donors (Lipinski definition) is 2. The molecule has 0 aliphatic heterocycles. The molecule has 0 saturated heterocycles. The van der Waals surface area contributed by atoms with E-state index in [2.05, 4.69) is 10.6 Å². The average molecular weight is 259 g/mol. The number of carbonyl (C=O) groups is 2. The number of furan rings is 1. The largest absolute Gasteiger partial charge is 0.452 e. The molecule has 0 aromatic carbocycles. The van der Waals surface area contributed by atoms with Crippen LogP contribution in [-0.2, 0) is 4.79 Å². The molecule has 0 unspecified atom stereocenters. The van der Waals surface area contributed by atoms with Crippen molar-refractivity contribution in [1.82, 2.24) is 10.6 Å². The minimum absolute atomic E-state index is 0.0501. The van der Waals surface area contributed by atoms with Gasteiger partial charge in [0.2, 0.25) is 11.1 Å². The average Bonchev–Trinajstić information content (AvgIpc) is 2.63.